The number of ether oxygens (including phenoxy) is 2. The molecule has 3 heterocycles. The van der Waals surface area contributed by atoms with E-state index in [2.05, 4.69) is 15.3 Å². The van der Waals surface area contributed by atoms with Crippen LogP contribution in [-0.4, -0.2) is 41.9 Å². The average Bonchev–Trinajstić information content (AvgIpc) is 2.41. The minimum atomic E-state index is -0.138. The SMILES string of the molecule is c1ncc(C2NCCOC23CCOCC3)cn1. The van der Waals surface area contributed by atoms with Gasteiger partial charge in [0.05, 0.1) is 18.2 Å². The van der Waals surface area contributed by atoms with Gasteiger partial charge in [-0.1, -0.05) is 0 Å². The molecule has 5 heteroatoms. The van der Waals surface area contributed by atoms with Crippen LogP contribution in [0.2, 0.25) is 0 Å². The van der Waals surface area contributed by atoms with Gasteiger partial charge in [0.25, 0.3) is 0 Å². The average molecular weight is 235 g/mol. The lowest BCUT2D eigenvalue weighted by Crippen LogP contribution is -2.54. The number of nitrogens with one attached hydrogen (secondary N) is 1. The number of nitrogens with zero attached hydrogens (tertiary/aromatic N) is 2. The van der Waals surface area contributed by atoms with Crippen molar-refractivity contribution in [2.45, 2.75) is 24.5 Å². The van der Waals surface area contributed by atoms with Gasteiger partial charge in [-0.25, -0.2) is 9.97 Å². The van der Waals surface area contributed by atoms with Crippen molar-refractivity contribution in [1.82, 2.24) is 15.3 Å². The van der Waals surface area contributed by atoms with Gasteiger partial charge in [-0.3, -0.25) is 0 Å². The van der Waals surface area contributed by atoms with Crippen LogP contribution < -0.4 is 5.32 Å². The zero-order chi connectivity index (χ0) is 11.6. The van der Waals surface area contributed by atoms with Crippen LogP contribution in [0.3, 0.4) is 0 Å². The highest BCUT2D eigenvalue weighted by Gasteiger charge is 2.44. The first-order chi connectivity index (χ1) is 8.41. The summed E-state index contributed by atoms with van der Waals surface area (Å²) in [6, 6.07) is 0.182. The highest BCUT2D eigenvalue weighted by Crippen LogP contribution is 2.38. The van der Waals surface area contributed by atoms with Gasteiger partial charge in [-0.05, 0) is 0 Å². The molecule has 0 bridgehead atoms. The van der Waals surface area contributed by atoms with Gasteiger partial charge in [0.15, 0.2) is 0 Å². The van der Waals surface area contributed by atoms with Crippen molar-refractivity contribution in [1.29, 1.82) is 0 Å². The Bertz CT molecular complexity index is 357. The lowest BCUT2D eigenvalue weighted by Gasteiger charge is -2.46. The van der Waals surface area contributed by atoms with Gasteiger partial charge < -0.3 is 14.8 Å². The Morgan fingerprint density at radius 1 is 1.18 bits per heavy atom. The number of rotatable bonds is 1. The third kappa shape index (κ3) is 2.06. The topological polar surface area (TPSA) is 56.3 Å². The van der Waals surface area contributed by atoms with Gasteiger partial charge in [0.1, 0.15) is 6.33 Å². The van der Waals surface area contributed by atoms with E-state index in [1.807, 2.05) is 12.4 Å². The van der Waals surface area contributed by atoms with Crippen LogP contribution in [0.15, 0.2) is 18.7 Å². The molecule has 5 nitrogen and oxygen atoms in total. The summed E-state index contributed by atoms with van der Waals surface area (Å²) in [5, 5.41) is 3.54. The quantitative estimate of drug-likeness (QED) is 0.776. The fourth-order valence-corrected chi connectivity index (χ4v) is 2.76. The third-order valence-electron chi connectivity index (χ3n) is 3.62. The maximum Gasteiger partial charge on any atom is 0.115 e. The van der Waals surface area contributed by atoms with Crippen LogP contribution in [0, 0.1) is 0 Å². The second kappa shape index (κ2) is 4.68. The van der Waals surface area contributed by atoms with E-state index in [9.17, 15) is 0 Å². The van der Waals surface area contributed by atoms with E-state index >= 15 is 0 Å². The van der Waals surface area contributed by atoms with Gasteiger partial charge in [-0.2, -0.15) is 0 Å². The number of hydrogen-bond acceptors (Lipinski definition) is 5. The largest absolute Gasteiger partial charge is 0.381 e. The van der Waals surface area contributed by atoms with Gasteiger partial charge >= 0.3 is 0 Å². The van der Waals surface area contributed by atoms with Gasteiger partial charge in [0.2, 0.25) is 0 Å². The summed E-state index contributed by atoms with van der Waals surface area (Å²) in [5.41, 5.74) is 0.968. The van der Waals surface area contributed by atoms with Crippen LogP contribution in [0.25, 0.3) is 0 Å². The maximum absolute atomic E-state index is 6.08. The summed E-state index contributed by atoms with van der Waals surface area (Å²) in [7, 11) is 0. The predicted octanol–water partition coefficient (Wildman–Crippen LogP) is 0.687. The standard InChI is InChI=1S/C12H17N3O2/c1-4-16-5-2-12(1)11(15-3-6-17-12)10-7-13-9-14-8-10/h7-9,11,15H,1-6H2. The minimum absolute atomic E-state index is 0.138. The number of hydrogen-bond donors (Lipinski definition) is 1. The monoisotopic (exact) mass is 235 g/mol. The Labute approximate surface area is 101 Å². The van der Waals surface area contributed by atoms with Gasteiger partial charge in [-0.15, -0.1) is 0 Å². The van der Waals surface area contributed by atoms with Crippen molar-refractivity contribution in [3.05, 3.63) is 24.3 Å². The van der Waals surface area contributed by atoms with Crippen LogP contribution in [-0.2, 0) is 9.47 Å². The fraction of sp³-hybridized carbons (Fsp3) is 0.667. The van der Waals surface area contributed by atoms with Crippen molar-refractivity contribution in [3.8, 4) is 0 Å². The first kappa shape index (κ1) is 11.1. The summed E-state index contributed by atoms with van der Waals surface area (Å²) in [6.07, 6.45) is 7.16. The zero-order valence-electron chi connectivity index (χ0n) is 9.76. The van der Waals surface area contributed by atoms with Crippen LogP contribution in [0.5, 0.6) is 0 Å². The second-order valence-electron chi connectivity index (χ2n) is 4.58. The molecule has 1 aromatic heterocycles. The lowest BCUT2D eigenvalue weighted by atomic mass is 9.82. The lowest BCUT2D eigenvalue weighted by molar-refractivity contribution is -0.149. The molecule has 0 aromatic carbocycles. The summed E-state index contributed by atoms with van der Waals surface area (Å²) >= 11 is 0. The van der Waals surface area contributed by atoms with E-state index < -0.39 is 0 Å². The molecule has 1 N–H and O–H groups in total. The minimum Gasteiger partial charge on any atom is -0.381 e. The van der Waals surface area contributed by atoms with Crippen molar-refractivity contribution < 1.29 is 9.47 Å². The van der Waals surface area contributed by atoms with Crippen LogP contribution in [0.4, 0.5) is 0 Å². The third-order valence-corrected chi connectivity index (χ3v) is 3.62. The Morgan fingerprint density at radius 3 is 2.71 bits per heavy atom. The molecule has 1 aromatic rings. The maximum atomic E-state index is 6.08. The Kier molecular flexibility index (Phi) is 3.05. The Hall–Kier alpha value is -1.04. The van der Waals surface area contributed by atoms with E-state index in [1.54, 1.807) is 6.33 Å². The normalized spacial score (nSPS) is 28.1. The van der Waals surface area contributed by atoms with E-state index in [1.165, 1.54) is 0 Å². The van der Waals surface area contributed by atoms with Crippen molar-refractivity contribution in [2.24, 2.45) is 0 Å². The molecule has 1 unspecified atom stereocenters. The molecule has 0 saturated carbocycles. The molecule has 1 spiro atoms. The molecule has 3 rings (SSSR count). The molecule has 2 aliphatic rings. The zero-order valence-corrected chi connectivity index (χ0v) is 9.76. The first-order valence-electron chi connectivity index (χ1n) is 6.11. The van der Waals surface area contributed by atoms with E-state index in [0.29, 0.717) is 0 Å². The van der Waals surface area contributed by atoms with Gasteiger partial charge in [0, 0.05) is 50.6 Å². The summed E-state index contributed by atoms with van der Waals surface area (Å²) < 4.78 is 11.5. The molecule has 92 valence electrons. The smallest absolute Gasteiger partial charge is 0.115 e. The Morgan fingerprint density at radius 2 is 1.94 bits per heavy atom. The van der Waals surface area contributed by atoms with E-state index in [-0.39, 0.29) is 11.6 Å². The molecule has 1 atom stereocenters. The van der Waals surface area contributed by atoms with E-state index in [0.717, 1.165) is 44.8 Å². The van der Waals surface area contributed by atoms with Crippen molar-refractivity contribution in [2.75, 3.05) is 26.4 Å². The second-order valence-corrected chi connectivity index (χ2v) is 4.58. The van der Waals surface area contributed by atoms with Crippen molar-refractivity contribution >= 4 is 0 Å². The summed E-state index contributed by atoms with van der Waals surface area (Å²) in [5.74, 6) is 0. The highest BCUT2D eigenvalue weighted by atomic mass is 16.5. The molecule has 0 aliphatic carbocycles. The van der Waals surface area contributed by atoms with Crippen LogP contribution in [0.1, 0.15) is 24.4 Å². The molecule has 0 amide bonds. The molecule has 0 radical (unpaired) electrons. The molecule has 2 aliphatic heterocycles. The number of morpholine rings is 1. The summed E-state index contributed by atoms with van der Waals surface area (Å²) in [6.45, 7) is 3.18. The first-order valence-corrected chi connectivity index (χ1v) is 6.11. The van der Waals surface area contributed by atoms with Crippen molar-refractivity contribution in [3.63, 3.8) is 0 Å². The Balaban J connectivity index is 1.89. The van der Waals surface area contributed by atoms with E-state index in [4.69, 9.17) is 9.47 Å². The van der Waals surface area contributed by atoms with Crippen LogP contribution >= 0.6 is 0 Å². The summed E-state index contributed by atoms with van der Waals surface area (Å²) in [4.78, 5) is 8.20. The molecule has 17 heavy (non-hydrogen) atoms. The number of aromatic nitrogens is 2. The highest BCUT2D eigenvalue weighted by molar-refractivity contribution is 5.17. The molecule has 2 fully saturated rings. The predicted molar refractivity (Wildman–Crippen MR) is 61.5 cm³/mol. The molecular formula is C12H17N3O2. The fourth-order valence-electron chi connectivity index (χ4n) is 2.76. The molecule has 2 saturated heterocycles. The molecular weight excluding hydrogens is 218 g/mol.